The maximum Gasteiger partial charge on any atom is 0.0758 e. The molecule has 78 valence electrons. The van der Waals surface area contributed by atoms with E-state index in [1.807, 2.05) is 6.20 Å². The summed E-state index contributed by atoms with van der Waals surface area (Å²) in [6.07, 6.45) is 4.82. The van der Waals surface area contributed by atoms with Gasteiger partial charge >= 0.3 is 0 Å². The van der Waals surface area contributed by atoms with E-state index in [2.05, 4.69) is 8.75 Å². The normalized spacial score (nSPS) is 20.9. The highest BCUT2D eigenvalue weighted by Gasteiger charge is 2.21. The molecule has 0 radical (unpaired) electrons. The minimum Gasteiger partial charge on any atom is -0.381 e. The smallest absolute Gasteiger partial charge is 0.0758 e. The summed E-state index contributed by atoms with van der Waals surface area (Å²) < 4.78 is 13.4. The number of hydrogen-bond donors (Lipinski definition) is 1. The summed E-state index contributed by atoms with van der Waals surface area (Å²) in [4.78, 5) is 0. The third kappa shape index (κ3) is 2.50. The largest absolute Gasteiger partial charge is 0.381 e. The van der Waals surface area contributed by atoms with Gasteiger partial charge in [0.1, 0.15) is 0 Å². The van der Waals surface area contributed by atoms with Crippen LogP contribution in [-0.4, -0.2) is 28.0 Å². The summed E-state index contributed by atoms with van der Waals surface area (Å²) >= 11 is 1.25. The first kappa shape index (κ1) is 10.0. The van der Waals surface area contributed by atoms with Crippen molar-refractivity contribution in [1.82, 2.24) is 8.75 Å². The fourth-order valence-corrected chi connectivity index (χ4v) is 2.27. The lowest BCUT2D eigenvalue weighted by molar-refractivity contribution is 0.0584. The van der Waals surface area contributed by atoms with Crippen LogP contribution in [-0.2, 0) is 11.2 Å². The van der Waals surface area contributed by atoms with E-state index >= 15 is 0 Å². The topological polar surface area (TPSA) is 61.0 Å². The molecule has 1 aliphatic rings. The zero-order chi connectivity index (χ0) is 9.80. The van der Waals surface area contributed by atoms with Gasteiger partial charge in [0.05, 0.1) is 23.6 Å². The van der Waals surface area contributed by atoms with Gasteiger partial charge in [0, 0.05) is 25.7 Å². The summed E-state index contributed by atoms with van der Waals surface area (Å²) in [6, 6.07) is 0.211. The average Bonchev–Trinajstić information content (AvgIpc) is 2.72. The molecule has 1 atom stereocenters. The molecule has 4 nitrogen and oxygen atoms in total. The van der Waals surface area contributed by atoms with Crippen molar-refractivity contribution in [2.45, 2.75) is 25.3 Å². The van der Waals surface area contributed by atoms with Crippen LogP contribution < -0.4 is 5.73 Å². The molecular weight excluding hydrogens is 198 g/mol. The van der Waals surface area contributed by atoms with Gasteiger partial charge in [0.2, 0.25) is 0 Å². The summed E-state index contributed by atoms with van der Waals surface area (Å²) in [5.74, 6) is 0.588. The lowest BCUT2D eigenvalue weighted by Crippen LogP contribution is -2.36. The SMILES string of the molecule is NC(Cc1cnsn1)C1CCOCC1. The lowest BCUT2D eigenvalue weighted by Gasteiger charge is -2.26. The fourth-order valence-electron chi connectivity index (χ4n) is 1.83. The second-order valence-electron chi connectivity index (χ2n) is 3.72. The van der Waals surface area contributed by atoms with Gasteiger partial charge in [-0.25, -0.2) is 0 Å². The Morgan fingerprint density at radius 1 is 1.57 bits per heavy atom. The van der Waals surface area contributed by atoms with E-state index in [0.29, 0.717) is 5.92 Å². The van der Waals surface area contributed by atoms with Crippen molar-refractivity contribution in [1.29, 1.82) is 0 Å². The van der Waals surface area contributed by atoms with Gasteiger partial charge < -0.3 is 10.5 Å². The van der Waals surface area contributed by atoms with Gasteiger partial charge in [-0.05, 0) is 18.8 Å². The predicted molar refractivity (Wildman–Crippen MR) is 55.1 cm³/mol. The van der Waals surface area contributed by atoms with E-state index in [1.54, 1.807) is 0 Å². The summed E-state index contributed by atoms with van der Waals surface area (Å²) in [5, 5.41) is 0. The van der Waals surface area contributed by atoms with Crippen LogP contribution in [0.15, 0.2) is 6.20 Å². The molecule has 1 fully saturated rings. The number of nitrogens with zero attached hydrogens (tertiary/aromatic N) is 2. The maximum absolute atomic E-state index is 6.12. The Bertz CT molecular complexity index is 259. The highest BCUT2D eigenvalue weighted by molar-refractivity contribution is 6.99. The first-order valence-electron chi connectivity index (χ1n) is 4.96. The molecule has 1 aromatic heterocycles. The number of aromatic nitrogens is 2. The molecule has 2 heterocycles. The molecule has 0 bridgehead atoms. The Balaban J connectivity index is 1.85. The molecule has 0 amide bonds. The van der Waals surface area contributed by atoms with Crippen molar-refractivity contribution in [3.8, 4) is 0 Å². The van der Waals surface area contributed by atoms with Crippen molar-refractivity contribution in [2.24, 2.45) is 11.7 Å². The van der Waals surface area contributed by atoms with E-state index in [0.717, 1.165) is 38.2 Å². The lowest BCUT2D eigenvalue weighted by atomic mass is 9.90. The van der Waals surface area contributed by atoms with Crippen molar-refractivity contribution in [3.05, 3.63) is 11.9 Å². The maximum atomic E-state index is 6.12. The Morgan fingerprint density at radius 3 is 3.00 bits per heavy atom. The van der Waals surface area contributed by atoms with Crippen LogP contribution in [0.5, 0.6) is 0 Å². The number of nitrogens with two attached hydrogens (primary N) is 1. The first-order chi connectivity index (χ1) is 6.86. The molecule has 2 rings (SSSR count). The van der Waals surface area contributed by atoms with Crippen molar-refractivity contribution >= 4 is 11.7 Å². The van der Waals surface area contributed by atoms with E-state index in [9.17, 15) is 0 Å². The monoisotopic (exact) mass is 213 g/mol. The molecule has 0 saturated carbocycles. The van der Waals surface area contributed by atoms with Gasteiger partial charge in [-0.1, -0.05) is 0 Å². The molecular formula is C9H15N3OS. The first-order valence-corrected chi connectivity index (χ1v) is 5.69. The van der Waals surface area contributed by atoms with Crippen LogP contribution in [0.2, 0.25) is 0 Å². The molecule has 14 heavy (non-hydrogen) atoms. The summed E-state index contributed by atoms with van der Waals surface area (Å²) in [7, 11) is 0. The molecule has 1 aliphatic heterocycles. The average molecular weight is 213 g/mol. The minimum atomic E-state index is 0.211. The number of rotatable bonds is 3. The van der Waals surface area contributed by atoms with Crippen LogP contribution in [0, 0.1) is 5.92 Å². The molecule has 1 aromatic rings. The van der Waals surface area contributed by atoms with Gasteiger partial charge in [-0.15, -0.1) is 0 Å². The summed E-state index contributed by atoms with van der Waals surface area (Å²) in [6.45, 7) is 1.71. The van der Waals surface area contributed by atoms with E-state index in [1.165, 1.54) is 11.7 Å². The molecule has 5 heteroatoms. The van der Waals surface area contributed by atoms with Crippen LogP contribution in [0.3, 0.4) is 0 Å². The van der Waals surface area contributed by atoms with Crippen LogP contribution in [0.1, 0.15) is 18.5 Å². The second kappa shape index (κ2) is 4.82. The van der Waals surface area contributed by atoms with E-state index in [-0.39, 0.29) is 6.04 Å². The van der Waals surface area contributed by atoms with Crippen molar-refractivity contribution in [3.63, 3.8) is 0 Å². The number of ether oxygens (including phenoxy) is 1. The van der Waals surface area contributed by atoms with E-state index < -0.39 is 0 Å². The standard InChI is InChI=1S/C9H15N3OS/c10-9(5-8-6-11-14-12-8)7-1-3-13-4-2-7/h6-7,9H,1-5,10H2. The molecule has 0 aromatic carbocycles. The van der Waals surface area contributed by atoms with Crippen LogP contribution >= 0.6 is 11.7 Å². The highest BCUT2D eigenvalue weighted by Crippen LogP contribution is 2.19. The predicted octanol–water partition coefficient (Wildman–Crippen LogP) is 0.835. The van der Waals surface area contributed by atoms with Gasteiger partial charge in [-0.3, -0.25) is 0 Å². The molecule has 1 saturated heterocycles. The number of hydrogen-bond acceptors (Lipinski definition) is 5. The quantitative estimate of drug-likeness (QED) is 0.808. The third-order valence-corrected chi connectivity index (χ3v) is 3.24. The Kier molecular flexibility index (Phi) is 3.44. The van der Waals surface area contributed by atoms with Crippen molar-refractivity contribution in [2.75, 3.05) is 13.2 Å². The fraction of sp³-hybridized carbons (Fsp3) is 0.778. The van der Waals surface area contributed by atoms with Crippen LogP contribution in [0.4, 0.5) is 0 Å². The zero-order valence-corrected chi connectivity index (χ0v) is 8.87. The Hall–Kier alpha value is -0.520. The minimum absolute atomic E-state index is 0.211. The summed E-state index contributed by atoms with van der Waals surface area (Å²) in [5.41, 5.74) is 7.14. The van der Waals surface area contributed by atoms with Crippen molar-refractivity contribution < 1.29 is 4.74 Å². The zero-order valence-electron chi connectivity index (χ0n) is 8.06. The molecule has 0 spiro atoms. The Morgan fingerprint density at radius 2 is 2.36 bits per heavy atom. The van der Waals surface area contributed by atoms with Gasteiger partial charge in [-0.2, -0.15) is 8.75 Å². The van der Waals surface area contributed by atoms with E-state index in [4.69, 9.17) is 10.5 Å². The Labute approximate surface area is 87.8 Å². The van der Waals surface area contributed by atoms with Gasteiger partial charge in [0.15, 0.2) is 0 Å². The molecule has 1 unspecified atom stereocenters. The third-order valence-electron chi connectivity index (χ3n) is 2.72. The molecule has 0 aliphatic carbocycles. The van der Waals surface area contributed by atoms with Gasteiger partial charge in [0.25, 0.3) is 0 Å². The highest BCUT2D eigenvalue weighted by atomic mass is 32.1. The molecule has 2 N–H and O–H groups in total. The second-order valence-corrected chi connectivity index (χ2v) is 4.27. The van der Waals surface area contributed by atoms with Crippen LogP contribution in [0.25, 0.3) is 0 Å².